The molecule has 0 radical (unpaired) electrons. The number of anilines is 2. The van der Waals surface area contributed by atoms with Gasteiger partial charge in [-0.15, -0.1) is 0 Å². The van der Waals surface area contributed by atoms with E-state index in [1.54, 1.807) is 6.92 Å². The Hall–Kier alpha value is -2.60. The molecule has 0 N–H and O–H groups in total. The summed E-state index contributed by atoms with van der Waals surface area (Å²) in [5.41, 5.74) is 9.47. The molecule has 188 valence electrons. The third-order valence-electron chi connectivity index (χ3n) is 8.47. The summed E-state index contributed by atoms with van der Waals surface area (Å²) in [6, 6.07) is 4.92. The van der Waals surface area contributed by atoms with Gasteiger partial charge < -0.3 is 14.5 Å². The molecule has 3 aliphatic rings. The third kappa shape index (κ3) is 4.20. The number of fused-ring (bicyclic) bond motifs is 2. The molecule has 2 aromatic rings. The van der Waals surface area contributed by atoms with Crippen LogP contribution < -0.4 is 4.90 Å². The first-order valence-corrected chi connectivity index (χ1v) is 13.5. The average Bonchev–Trinajstić information content (AvgIpc) is 3.53. The maximum absolute atomic E-state index is 12.3. The Morgan fingerprint density at radius 3 is 2.74 bits per heavy atom. The Morgan fingerprint density at radius 1 is 1.26 bits per heavy atom. The van der Waals surface area contributed by atoms with E-state index in [9.17, 15) is 4.79 Å². The highest BCUT2D eigenvalue weighted by Crippen LogP contribution is 2.43. The number of allylic oxidation sites excluding steroid dienone is 2. The molecule has 1 saturated heterocycles. The van der Waals surface area contributed by atoms with Crippen LogP contribution in [0.1, 0.15) is 80.9 Å². The molecule has 1 aromatic heterocycles. The van der Waals surface area contributed by atoms with E-state index in [-0.39, 0.29) is 5.91 Å². The topological polar surface area (TPSA) is 50.6 Å². The lowest BCUT2D eigenvalue weighted by atomic mass is 9.84. The number of carbonyl (C=O) groups is 1. The van der Waals surface area contributed by atoms with Gasteiger partial charge in [-0.05, 0) is 67.4 Å². The van der Waals surface area contributed by atoms with Gasteiger partial charge in [-0.1, -0.05) is 32.4 Å². The molecule has 0 saturated carbocycles. The normalized spacial score (nSPS) is 22.4. The summed E-state index contributed by atoms with van der Waals surface area (Å²) in [5, 5.41) is 5.29. The SMILES string of the molecule is C/C=C(\CC)c1ccc2c(c1C)CC(CC)CN2c1nn(C2CCOC2)c2c1CN(C(C)=O)CC2. The quantitative estimate of drug-likeness (QED) is 0.564. The lowest BCUT2D eigenvalue weighted by Crippen LogP contribution is -2.36. The van der Waals surface area contributed by atoms with Crippen molar-refractivity contribution >= 4 is 23.0 Å². The van der Waals surface area contributed by atoms with Crippen LogP contribution >= 0.6 is 0 Å². The van der Waals surface area contributed by atoms with Crippen molar-refractivity contribution < 1.29 is 9.53 Å². The maximum Gasteiger partial charge on any atom is 0.219 e. The van der Waals surface area contributed by atoms with E-state index >= 15 is 0 Å². The Kier molecular flexibility index (Phi) is 6.75. The summed E-state index contributed by atoms with van der Waals surface area (Å²) < 4.78 is 7.99. The minimum atomic E-state index is 0.142. The van der Waals surface area contributed by atoms with Crippen LogP contribution in [-0.2, 0) is 28.9 Å². The predicted molar refractivity (Wildman–Crippen MR) is 141 cm³/mol. The van der Waals surface area contributed by atoms with E-state index in [2.05, 4.69) is 55.5 Å². The molecule has 2 unspecified atom stereocenters. The lowest BCUT2D eigenvalue weighted by molar-refractivity contribution is -0.129. The molecule has 3 aliphatic heterocycles. The monoisotopic (exact) mass is 476 g/mol. The average molecular weight is 477 g/mol. The Labute approximate surface area is 209 Å². The zero-order valence-corrected chi connectivity index (χ0v) is 22.1. The maximum atomic E-state index is 12.3. The van der Waals surface area contributed by atoms with Gasteiger partial charge in [0, 0.05) is 50.0 Å². The molecule has 1 fully saturated rings. The molecular weight excluding hydrogens is 436 g/mol. The first-order chi connectivity index (χ1) is 17.0. The molecule has 6 nitrogen and oxygen atoms in total. The van der Waals surface area contributed by atoms with E-state index in [0.717, 1.165) is 64.2 Å². The number of hydrogen-bond donors (Lipinski definition) is 0. The molecule has 4 heterocycles. The van der Waals surface area contributed by atoms with Crippen LogP contribution in [0.15, 0.2) is 18.2 Å². The summed E-state index contributed by atoms with van der Waals surface area (Å²) >= 11 is 0. The summed E-state index contributed by atoms with van der Waals surface area (Å²) in [6.45, 7) is 14.6. The van der Waals surface area contributed by atoms with Crippen LogP contribution in [0.3, 0.4) is 0 Å². The van der Waals surface area contributed by atoms with Gasteiger partial charge in [-0.3, -0.25) is 9.48 Å². The minimum Gasteiger partial charge on any atom is -0.379 e. The number of carbonyl (C=O) groups excluding carboxylic acids is 1. The molecular formula is C29H40N4O2. The molecule has 0 aliphatic carbocycles. The largest absolute Gasteiger partial charge is 0.379 e. The van der Waals surface area contributed by atoms with Crippen LogP contribution in [0, 0.1) is 12.8 Å². The van der Waals surface area contributed by atoms with Gasteiger partial charge in [-0.25, -0.2) is 0 Å². The zero-order chi connectivity index (χ0) is 24.7. The van der Waals surface area contributed by atoms with E-state index in [1.165, 1.54) is 39.2 Å². The number of hydrogen-bond acceptors (Lipinski definition) is 4. The Balaban J connectivity index is 1.64. The van der Waals surface area contributed by atoms with E-state index in [1.807, 2.05) is 4.90 Å². The Bertz CT molecular complexity index is 1140. The number of aromatic nitrogens is 2. The van der Waals surface area contributed by atoms with Crippen molar-refractivity contribution in [2.75, 3.05) is 31.2 Å². The summed E-state index contributed by atoms with van der Waals surface area (Å²) in [7, 11) is 0. The Morgan fingerprint density at radius 2 is 2.09 bits per heavy atom. The predicted octanol–water partition coefficient (Wildman–Crippen LogP) is 5.59. The van der Waals surface area contributed by atoms with Crippen LogP contribution in [0.2, 0.25) is 0 Å². The van der Waals surface area contributed by atoms with Gasteiger partial charge in [0.15, 0.2) is 5.82 Å². The van der Waals surface area contributed by atoms with Crippen molar-refractivity contribution in [1.82, 2.24) is 14.7 Å². The van der Waals surface area contributed by atoms with Gasteiger partial charge in [0.2, 0.25) is 5.91 Å². The van der Waals surface area contributed by atoms with Gasteiger partial charge in [-0.2, -0.15) is 5.10 Å². The van der Waals surface area contributed by atoms with Gasteiger partial charge >= 0.3 is 0 Å². The van der Waals surface area contributed by atoms with Crippen molar-refractivity contribution in [1.29, 1.82) is 0 Å². The fourth-order valence-corrected chi connectivity index (χ4v) is 6.27. The second kappa shape index (κ2) is 9.81. The van der Waals surface area contributed by atoms with Crippen molar-refractivity contribution in [2.45, 2.75) is 79.3 Å². The summed E-state index contributed by atoms with van der Waals surface area (Å²) in [4.78, 5) is 16.8. The molecule has 0 bridgehead atoms. The highest BCUT2D eigenvalue weighted by atomic mass is 16.5. The first-order valence-electron chi connectivity index (χ1n) is 13.5. The smallest absolute Gasteiger partial charge is 0.219 e. The fraction of sp³-hybridized carbons (Fsp3) is 0.586. The van der Waals surface area contributed by atoms with E-state index < -0.39 is 0 Å². The molecule has 5 rings (SSSR count). The van der Waals surface area contributed by atoms with E-state index in [0.29, 0.717) is 18.5 Å². The zero-order valence-electron chi connectivity index (χ0n) is 22.1. The molecule has 1 amide bonds. The van der Waals surface area contributed by atoms with Crippen molar-refractivity contribution in [3.63, 3.8) is 0 Å². The second-order valence-corrected chi connectivity index (χ2v) is 10.4. The second-order valence-electron chi connectivity index (χ2n) is 10.4. The molecule has 35 heavy (non-hydrogen) atoms. The van der Waals surface area contributed by atoms with Crippen LogP contribution in [0.5, 0.6) is 0 Å². The van der Waals surface area contributed by atoms with E-state index in [4.69, 9.17) is 9.84 Å². The third-order valence-corrected chi connectivity index (χ3v) is 8.47. The number of amides is 1. The number of nitrogens with zero attached hydrogens (tertiary/aromatic N) is 4. The first kappa shape index (κ1) is 24.1. The fourth-order valence-electron chi connectivity index (χ4n) is 6.27. The summed E-state index contributed by atoms with van der Waals surface area (Å²) in [5.74, 6) is 1.77. The van der Waals surface area contributed by atoms with Crippen molar-refractivity contribution in [3.8, 4) is 0 Å². The van der Waals surface area contributed by atoms with Gasteiger partial charge in [0.25, 0.3) is 0 Å². The van der Waals surface area contributed by atoms with Crippen molar-refractivity contribution in [2.24, 2.45) is 5.92 Å². The number of ether oxygens (including phenoxy) is 1. The molecule has 0 spiro atoms. The van der Waals surface area contributed by atoms with Gasteiger partial charge in [0.05, 0.1) is 19.2 Å². The number of rotatable bonds is 5. The standard InChI is InChI=1S/C29H40N4O2/c1-6-21-15-25-19(4)24(22(7-2)8-3)9-10-27(25)32(16-21)29-26-17-31(20(5)34)13-11-28(26)33(30-29)23-12-14-35-18-23/h7,9-10,21,23H,6,8,11-18H2,1-5H3/b22-7+. The van der Waals surface area contributed by atoms with Crippen LogP contribution in [0.25, 0.3) is 5.57 Å². The summed E-state index contributed by atoms with van der Waals surface area (Å²) in [6.07, 6.45) is 7.41. The molecule has 2 atom stereocenters. The highest BCUT2D eigenvalue weighted by molar-refractivity contribution is 5.78. The molecule has 6 heteroatoms. The number of benzene rings is 1. The minimum absolute atomic E-state index is 0.142. The van der Waals surface area contributed by atoms with Crippen LogP contribution in [-0.4, -0.2) is 46.9 Å². The lowest BCUT2D eigenvalue weighted by Gasteiger charge is -2.37. The highest BCUT2D eigenvalue weighted by Gasteiger charge is 2.35. The molecule has 1 aromatic carbocycles. The van der Waals surface area contributed by atoms with Gasteiger partial charge in [0.1, 0.15) is 0 Å². The van der Waals surface area contributed by atoms with Crippen molar-refractivity contribution in [3.05, 3.63) is 46.2 Å². The van der Waals surface area contributed by atoms with Crippen LogP contribution in [0.4, 0.5) is 11.5 Å².